The molecular weight excluding hydrogens is 190 g/mol. The Morgan fingerprint density at radius 2 is 2.07 bits per heavy atom. The molecule has 1 aromatic rings. The van der Waals surface area contributed by atoms with E-state index in [1.165, 1.54) is 5.06 Å². The Labute approximate surface area is 88.9 Å². The summed E-state index contributed by atoms with van der Waals surface area (Å²) in [5.74, 6) is -0.0721. The number of hydrogen-bond acceptors (Lipinski definition) is 2. The van der Waals surface area contributed by atoms with Crippen LogP contribution in [0.5, 0.6) is 0 Å². The molecule has 0 atom stereocenters. The Bertz CT molecular complexity index is 359. The van der Waals surface area contributed by atoms with Crippen molar-refractivity contribution in [3.05, 3.63) is 48.0 Å². The summed E-state index contributed by atoms with van der Waals surface area (Å²) in [5, 5.41) is 1.41. The van der Waals surface area contributed by atoms with E-state index in [9.17, 15) is 4.79 Å². The summed E-state index contributed by atoms with van der Waals surface area (Å²) in [6.07, 6.45) is 4.28. The van der Waals surface area contributed by atoms with Crippen LogP contribution in [0.2, 0.25) is 0 Å². The van der Waals surface area contributed by atoms with Gasteiger partial charge in [0.1, 0.15) is 6.61 Å². The quantitative estimate of drug-likeness (QED) is 0.751. The first-order chi connectivity index (χ1) is 7.36. The second-order valence-corrected chi connectivity index (χ2v) is 3.39. The Morgan fingerprint density at radius 1 is 1.27 bits per heavy atom. The average Bonchev–Trinajstić information content (AvgIpc) is 2.29. The Morgan fingerprint density at radius 3 is 2.80 bits per heavy atom. The van der Waals surface area contributed by atoms with E-state index < -0.39 is 0 Å². The molecule has 0 unspecified atom stereocenters. The van der Waals surface area contributed by atoms with Gasteiger partial charge >= 0.3 is 0 Å². The molecule has 0 bridgehead atoms. The number of carbonyl (C=O) groups excluding carboxylic acids is 1. The lowest BCUT2D eigenvalue weighted by molar-refractivity contribution is -0.187. The van der Waals surface area contributed by atoms with Crippen molar-refractivity contribution in [1.29, 1.82) is 0 Å². The molecule has 15 heavy (non-hydrogen) atoms. The number of hydrogen-bond donors (Lipinski definition) is 0. The van der Waals surface area contributed by atoms with Crippen molar-refractivity contribution in [3.8, 4) is 0 Å². The van der Waals surface area contributed by atoms with Gasteiger partial charge in [0.15, 0.2) is 0 Å². The molecule has 1 aromatic carbocycles. The van der Waals surface area contributed by atoms with E-state index in [1.807, 2.05) is 36.4 Å². The van der Waals surface area contributed by atoms with Gasteiger partial charge in [-0.3, -0.25) is 9.63 Å². The van der Waals surface area contributed by atoms with Gasteiger partial charge in [-0.25, -0.2) is 5.06 Å². The molecule has 0 saturated heterocycles. The molecule has 0 radical (unpaired) electrons. The molecule has 1 aliphatic rings. The standard InChI is InChI=1S/C12H13NO2/c14-12-8-4-5-9-13(12)15-10-11-6-2-1-3-7-11/h1-4,6-8H,5,9-10H2. The van der Waals surface area contributed by atoms with Gasteiger partial charge in [-0.2, -0.15) is 0 Å². The third-order valence-corrected chi connectivity index (χ3v) is 2.23. The maximum atomic E-state index is 11.3. The summed E-state index contributed by atoms with van der Waals surface area (Å²) in [4.78, 5) is 16.7. The zero-order valence-corrected chi connectivity index (χ0v) is 8.43. The predicted octanol–water partition coefficient (Wildman–Crippen LogP) is 1.91. The van der Waals surface area contributed by atoms with E-state index in [1.54, 1.807) is 6.08 Å². The summed E-state index contributed by atoms with van der Waals surface area (Å²) in [6, 6.07) is 9.82. The number of amides is 1. The van der Waals surface area contributed by atoms with Crippen LogP contribution >= 0.6 is 0 Å². The van der Waals surface area contributed by atoms with Crippen LogP contribution in [0.15, 0.2) is 42.5 Å². The lowest BCUT2D eigenvalue weighted by Gasteiger charge is -2.22. The molecule has 0 N–H and O–H groups in total. The number of nitrogens with zero attached hydrogens (tertiary/aromatic N) is 1. The number of benzene rings is 1. The molecule has 2 rings (SSSR count). The third-order valence-electron chi connectivity index (χ3n) is 2.23. The molecule has 0 fully saturated rings. The van der Waals surface area contributed by atoms with Crippen molar-refractivity contribution in [1.82, 2.24) is 5.06 Å². The van der Waals surface area contributed by atoms with Crippen molar-refractivity contribution in [2.75, 3.05) is 6.54 Å². The summed E-state index contributed by atoms with van der Waals surface area (Å²) < 4.78 is 0. The predicted molar refractivity (Wildman–Crippen MR) is 56.7 cm³/mol. The van der Waals surface area contributed by atoms with Crippen molar-refractivity contribution in [2.24, 2.45) is 0 Å². The van der Waals surface area contributed by atoms with Crippen molar-refractivity contribution < 1.29 is 9.63 Å². The fourth-order valence-corrected chi connectivity index (χ4v) is 1.42. The second kappa shape index (κ2) is 4.75. The summed E-state index contributed by atoms with van der Waals surface area (Å²) in [6.45, 7) is 1.09. The van der Waals surface area contributed by atoms with Gasteiger partial charge in [-0.1, -0.05) is 36.4 Å². The first-order valence-corrected chi connectivity index (χ1v) is 5.01. The van der Waals surface area contributed by atoms with Crippen molar-refractivity contribution >= 4 is 5.91 Å². The molecule has 0 aromatic heterocycles. The lowest BCUT2D eigenvalue weighted by atomic mass is 10.2. The number of hydroxylamine groups is 2. The fraction of sp³-hybridized carbons (Fsp3) is 0.250. The molecule has 0 spiro atoms. The zero-order valence-electron chi connectivity index (χ0n) is 8.43. The topological polar surface area (TPSA) is 29.5 Å². The summed E-state index contributed by atoms with van der Waals surface area (Å²) in [5.41, 5.74) is 1.07. The van der Waals surface area contributed by atoms with E-state index in [0.29, 0.717) is 13.2 Å². The molecule has 78 valence electrons. The lowest BCUT2D eigenvalue weighted by Crippen LogP contribution is -2.32. The highest BCUT2D eigenvalue weighted by atomic mass is 16.7. The summed E-state index contributed by atoms with van der Waals surface area (Å²) >= 11 is 0. The second-order valence-electron chi connectivity index (χ2n) is 3.39. The molecule has 3 heteroatoms. The fourth-order valence-electron chi connectivity index (χ4n) is 1.42. The normalized spacial score (nSPS) is 15.7. The molecular formula is C12H13NO2. The van der Waals surface area contributed by atoms with Crippen LogP contribution in [0, 0.1) is 0 Å². The van der Waals surface area contributed by atoms with Gasteiger partial charge < -0.3 is 0 Å². The van der Waals surface area contributed by atoms with Crippen LogP contribution in [0.3, 0.4) is 0 Å². The molecule has 1 heterocycles. The van der Waals surface area contributed by atoms with Crippen LogP contribution in [0.4, 0.5) is 0 Å². The highest BCUT2D eigenvalue weighted by molar-refractivity contribution is 5.87. The monoisotopic (exact) mass is 203 g/mol. The van der Waals surface area contributed by atoms with Crippen molar-refractivity contribution in [2.45, 2.75) is 13.0 Å². The SMILES string of the molecule is O=C1C=CCCN1OCc1ccccc1. The van der Waals surface area contributed by atoms with Gasteiger partial charge in [-0.05, 0) is 12.0 Å². The van der Waals surface area contributed by atoms with Gasteiger partial charge in [0.2, 0.25) is 0 Å². The maximum absolute atomic E-state index is 11.3. The Hall–Kier alpha value is -1.61. The highest BCUT2D eigenvalue weighted by Crippen LogP contribution is 2.07. The van der Waals surface area contributed by atoms with Crippen LogP contribution < -0.4 is 0 Å². The maximum Gasteiger partial charge on any atom is 0.269 e. The van der Waals surface area contributed by atoms with Crippen molar-refractivity contribution in [3.63, 3.8) is 0 Å². The first-order valence-electron chi connectivity index (χ1n) is 5.01. The molecule has 0 saturated carbocycles. The van der Waals surface area contributed by atoms with E-state index in [4.69, 9.17) is 4.84 Å². The zero-order chi connectivity index (χ0) is 10.5. The van der Waals surface area contributed by atoms with Crippen LogP contribution in [-0.2, 0) is 16.2 Å². The molecule has 0 aliphatic carbocycles. The van der Waals surface area contributed by atoms with E-state index in [0.717, 1.165) is 12.0 Å². The Kier molecular flexibility index (Phi) is 3.15. The van der Waals surface area contributed by atoms with E-state index >= 15 is 0 Å². The molecule has 3 nitrogen and oxygen atoms in total. The van der Waals surface area contributed by atoms with Crippen LogP contribution in [0.1, 0.15) is 12.0 Å². The van der Waals surface area contributed by atoms with Crippen LogP contribution in [0.25, 0.3) is 0 Å². The minimum Gasteiger partial charge on any atom is -0.267 e. The summed E-state index contributed by atoms with van der Waals surface area (Å²) in [7, 11) is 0. The van der Waals surface area contributed by atoms with Crippen LogP contribution in [-0.4, -0.2) is 17.5 Å². The van der Waals surface area contributed by atoms with Gasteiger partial charge in [0.05, 0.1) is 6.54 Å². The van der Waals surface area contributed by atoms with E-state index in [-0.39, 0.29) is 5.91 Å². The minimum atomic E-state index is -0.0721. The van der Waals surface area contributed by atoms with Gasteiger partial charge in [0, 0.05) is 6.08 Å². The largest absolute Gasteiger partial charge is 0.269 e. The number of carbonyl (C=O) groups is 1. The smallest absolute Gasteiger partial charge is 0.267 e. The van der Waals surface area contributed by atoms with Gasteiger partial charge in [0.25, 0.3) is 5.91 Å². The van der Waals surface area contributed by atoms with Gasteiger partial charge in [-0.15, -0.1) is 0 Å². The first kappa shape index (κ1) is 9.93. The Balaban J connectivity index is 1.88. The average molecular weight is 203 g/mol. The molecule has 1 aliphatic heterocycles. The third kappa shape index (κ3) is 2.67. The van der Waals surface area contributed by atoms with E-state index in [2.05, 4.69) is 0 Å². The highest BCUT2D eigenvalue weighted by Gasteiger charge is 2.13. The molecule has 1 amide bonds. The minimum absolute atomic E-state index is 0.0721. The number of rotatable bonds is 3.